The van der Waals surface area contributed by atoms with Gasteiger partial charge >= 0.3 is 0 Å². The van der Waals surface area contributed by atoms with Crippen LogP contribution in [0.3, 0.4) is 0 Å². The lowest BCUT2D eigenvalue weighted by atomic mass is 10.0. The van der Waals surface area contributed by atoms with Crippen molar-refractivity contribution < 1.29 is 32.9 Å². The van der Waals surface area contributed by atoms with Gasteiger partial charge in [0.2, 0.25) is 5.91 Å². The third-order valence-electron chi connectivity index (χ3n) is 16.8. The monoisotopic (exact) mass is 1130 g/mol. The molecule has 0 heterocycles. The third kappa shape index (κ3) is 63.1. The third-order valence-corrected chi connectivity index (χ3v) is 17.8. The largest absolute Gasteiger partial charge is 0.756 e. The van der Waals surface area contributed by atoms with E-state index in [0.717, 1.165) is 38.5 Å². The van der Waals surface area contributed by atoms with E-state index in [9.17, 15) is 19.4 Å². The molecule has 0 rings (SSSR count). The number of nitrogens with zero attached hydrogens (tertiary/aromatic N) is 1. The van der Waals surface area contributed by atoms with Crippen molar-refractivity contribution in [1.82, 2.24) is 5.32 Å². The lowest BCUT2D eigenvalue weighted by Crippen LogP contribution is -2.46. The molecule has 0 aromatic rings. The van der Waals surface area contributed by atoms with Crippen LogP contribution in [-0.2, 0) is 18.4 Å². The molecule has 0 saturated carbocycles. The minimum atomic E-state index is -4.58. The molecule has 1 amide bonds. The Hall–Kier alpha value is -0.500. The molecule has 78 heavy (non-hydrogen) atoms. The van der Waals surface area contributed by atoms with E-state index in [4.69, 9.17) is 9.05 Å². The topological polar surface area (TPSA) is 108 Å². The van der Waals surface area contributed by atoms with Gasteiger partial charge in [-0.15, -0.1) is 0 Å². The second-order valence-electron chi connectivity index (χ2n) is 26.0. The summed E-state index contributed by atoms with van der Waals surface area (Å²) in [6, 6.07) is -0.797. The number of unbranched alkanes of at least 4 members (excludes halogenated alkanes) is 54. The van der Waals surface area contributed by atoms with Crippen LogP contribution in [0.1, 0.15) is 386 Å². The smallest absolute Gasteiger partial charge is 0.268 e. The zero-order valence-electron chi connectivity index (χ0n) is 53.7. The normalized spacial score (nSPS) is 13.6. The second kappa shape index (κ2) is 61.1. The van der Waals surface area contributed by atoms with Gasteiger partial charge in [-0.25, -0.2) is 0 Å². The van der Waals surface area contributed by atoms with Crippen molar-refractivity contribution >= 4 is 13.7 Å². The number of quaternary nitrogens is 1. The Kier molecular flexibility index (Phi) is 60.7. The van der Waals surface area contributed by atoms with Gasteiger partial charge in [-0.2, -0.15) is 0 Å². The van der Waals surface area contributed by atoms with Gasteiger partial charge in [-0.1, -0.05) is 367 Å². The van der Waals surface area contributed by atoms with Crippen molar-refractivity contribution in [1.29, 1.82) is 0 Å². The fourth-order valence-corrected chi connectivity index (χ4v) is 12.1. The number of phosphoric ester groups is 1. The van der Waals surface area contributed by atoms with E-state index in [1.807, 2.05) is 21.1 Å². The van der Waals surface area contributed by atoms with Crippen LogP contribution >= 0.6 is 7.82 Å². The van der Waals surface area contributed by atoms with Crippen LogP contribution in [0, 0.1) is 0 Å². The number of carbonyl (C=O) groups excluding carboxylic acids is 1. The Morgan fingerprint density at radius 1 is 0.397 bits per heavy atom. The number of phosphoric acid groups is 1. The average Bonchev–Trinajstić information content (AvgIpc) is 3.41. The lowest BCUT2D eigenvalue weighted by Gasteiger charge is -2.30. The Bertz CT molecular complexity index is 1230. The molecule has 3 unspecified atom stereocenters. The molecule has 0 aromatic carbocycles. The first-order chi connectivity index (χ1) is 38.0. The lowest BCUT2D eigenvalue weighted by molar-refractivity contribution is -0.870. The maximum atomic E-state index is 13.1. The number of rotatable bonds is 67. The van der Waals surface area contributed by atoms with Crippen LogP contribution in [0.2, 0.25) is 0 Å². The molecule has 0 saturated heterocycles. The summed E-state index contributed by atoms with van der Waals surface area (Å²) in [6.07, 6.45) is 76.1. The summed E-state index contributed by atoms with van der Waals surface area (Å²) >= 11 is 0. The molecular formula is C69H141N2O6P. The Balaban J connectivity index is 3.97. The Labute approximate surface area is 489 Å². The van der Waals surface area contributed by atoms with Gasteiger partial charge in [0.1, 0.15) is 13.2 Å². The van der Waals surface area contributed by atoms with Crippen molar-refractivity contribution in [2.75, 3.05) is 40.9 Å². The summed E-state index contributed by atoms with van der Waals surface area (Å²) < 4.78 is 23.5. The molecule has 8 nitrogen and oxygen atoms in total. The highest BCUT2D eigenvalue weighted by Gasteiger charge is 2.24. The molecule has 9 heteroatoms. The summed E-state index contributed by atoms with van der Waals surface area (Å²) in [5.41, 5.74) is 0. The first-order valence-corrected chi connectivity index (χ1v) is 36.8. The van der Waals surface area contributed by atoms with Gasteiger partial charge in [0.25, 0.3) is 7.82 Å². The number of hydrogen-bond acceptors (Lipinski definition) is 6. The molecule has 0 aliphatic carbocycles. The quantitative estimate of drug-likeness (QED) is 0.0357. The zero-order valence-corrected chi connectivity index (χ0v) is 54.6. The molecule has 3 atom stereocenters. The fourth-order valence-electron chi connectivity index (χ4n) is 11.3. The summed E-state index contributed by atoms with van der Waals surface area (Å²) in [4.78, 5) is 25.7. The predicted molar refractivity (Wildman–Crippen MR) is 339 cm³/mol. The molecule has 0 bridgehead atoms. The second-order valence-corrected chi connectivity index (χ2v) is 27.4. The minimum Gasteiger partial charge on any atom is -0.756 e. The first-order valence-electron chi connectivity index (χ1n) is 35.4. The van der Waals surface area contributed by atoms with E-state index in [0.29, 0.717) is 23.9 Å². The van der Waals surface area contributed by atoms with Crippen molar-refractivity contribution in [2.24, 2.45) is 0 Å². The van der Waals surface area contributed by atoms with E-state index >= 15 is 0 Å². The number of hydrogen-bond donors (Lipinski definition) is 2. The fraction of sp³-hybridized carbons (Fsp3) is 0.986. The Morgan fingerprint density at radius 2 is 0.628 bits per heavy atom. The minimum absolute atomic E-state index is 0.0170. The van der Waals surface area contributed by atoms with E-state index in [1.165, 1.54) is 321 Å². The molecule has 0 aliphatic heterocycles. The number of carbonyl (C=O) groups is 1. The highest BCUT2D eigenvalue weighted by molar-refractivity contribution is 7.45. The molecule has 2 N–H and O–H groups in total. The number of aliphatic hydroxyl groups excluding tert-OH is 1. The molecule has 0 aliphatic rings. The van der Waals surface area contributed by atoms with Gasteiger partial charge in [0.05, 0.1) is 39.9 Å². The van der Waals surface area contributed by atoms with Gasteiger partial charge in [-0.3, -0.25) is 9.36 Å². The van der Waals surface area contributed by atoms with Gasteiger partial charge in [0, 0.05) is 6.42 Å². The SMILES string of the molecule is CCCCCCCCCCCCCCCCCCCCCCCCCCCCCCCCCC(O)C(COP(=O)([O-])OCC[N+](C)(C)C)NC(=O)CCCCCCCCCCCCCCCCCCCCCCCCCCC. The molecular weight excluding hydrogens is 984 g/mol. The highest BCUT2D eigenvalue weighted by Crippen LogP contribution is 2.38. The zero-order chi connectivity index (χ0) is 57.0. The number of aliphatic hydroxyl groups is 1. The maximum absolute atomic E-state index is 13.1. The first kappa shape index (κ1) is 77.5. The van der Waals surface area contributed by atoms with Crippen molar-refractivity contribution in [3.8, 4) is 0 Å². The summed E-state index contributed by atoms with van der Waals surface area (Å²) in [7, 11) is 1.33. The summed E-state index contributed by atoms with van der Waals surface area (Å²) in [6.45, 7) is 4.80. The predicted octanol–water partition coefficient (Wildman–Crippen LogP) is 21.7. The van der Waals surface area contributed by atoms with Crippen LogP contribution in [0.4, 0.5) is 0 Å². The standard InChI is InChI=1S/C69H141N2O6P/c1-6-8-10-12-14-16-18-20-22-24-26-28-30-32-33-34-35-36-37-39-40-42-44-46-48-50-52-54-56-58-60-62-68(72)67(66-77-78(74,75)76-65-64-71(3,4)5)70-69(73)63-61-59-57-55-53-51-49-47-45-43-41-38-31-29-27-25-23-21-19-17-15-13-11-9-7-2/h67-68,72H,6-66H2,1-5H3,(H-,70,73,74,75). The maximum Gasteiger partial charge on any atom is 0.268 e. The van der Waals surface area contributed by atoms with E-state index in [-0.39, 0.29) is 19.1 Å². The molecule has 0 fully saturated rings. The van der Waals surface area contributed by atoms with Crippen LogP contribution in [0.15, 0.2) is 0 Å². The molecule has 468 valence electrons. The van der Waals surface area contributed by atoms with Crippen LogP contribution in [0.25, 0.3) is 0 Å². The summed E-state index contributed by atoms with van der Waals surface area (Å²) in [5, 5.41) is 14.1. The van der Waals surface area contributed by atoms with Crippen LogP contribution in [0.5, 0.6) is 0 Å². The van der Waals surface area contributed by atoms with Crippen molar-refractivity contribution in [2.45, 2.75) is 398 Å². The Morgan fingerprint density at radius 3 is 0.872 bits per heavy atom. The van der Waals surface area contributed by atoms with Crippen molar-refractivity contribution in [3.63, 3.8) is 0 Å². The summed E-state index contributed by atoms with van der Waals surface area (Å²) in [5.74, 6) is -0.153. The average molecular weight is 1130 g/mol. The van der Waals surface area contributed by atoms with Gasteiger partial charge in [0.15, 0.2) is 0 Å². The molecule has 0 spiro atoms. The van der Waals surface area contributed by atoms with Gasteiger partial charge < -0.3 is 28.8 Å². The van der Waals surface area contributed by atoms with E-state index < -0.39 is 20.0 Å². The van der Waals surface area contributed by atoms with Gasteiger partial charge in [-0.05, 0) is 12.8 Å². The van der Waals surface area contributed by atoms with Crippen LogP contribution < -0.4 is 10.2 Å². The number of nitrogens with one attached hydrogen (secondary N) is 1. The van der Waals surface area contributed by atoms with Crippen LogP contribution in [-0.4, -0.2) is 68.5 Å². The molecule has 0 aromatic heterocycles. The highest BCUT2D eigenvalue weighted by atomic mass is 31.2. The molecule has 0 radical (unpaired) electrons. The van der Waals surface area contributed by atoms with E-state index in [1.54, 1.807) is 0 Å². The van der Waals surface area contributed by atoms with E-state index in [2.05, 4.69) is 19.2 Å². The number of amides is 1. The van der Waals surface area contributed by atoms with Crippen molar-refractivity contribution in [3.05, 3.63) is 0 Å². The number of likely N-dealkylation sites (N-methyl/N-ethyl adjacent to an activating group) is 1.